The molecule has 4 nitrogen and oxygen atoms in total. The van der Waals surface area contributed by atoms with Crippen LogP contribution >= 0.6 is 0 Å². The van der Waals surface area contributed by atoms with Crippen molar-refractivity contribution in [3.8, 4) is 0 Å². The van der Waals surface area contributed by atoms with Crippen LogP contribution in [0.25, 0.3) is 0 Å². The minimum atomic E-state index is -0.654. The number of carbonyl (C=O) groups is 2. The fourth-order valence-corrected chi connectivity index (χ4v) is 1.55. The van der Waals surface area contributed by atoms with E-state index in [2.05, 4.69) is 0 Å². The minimum Gasteiger partial charge on any atom is -0.429 e. The normalized spacial score (nSPS) is 23.5. The van der Waals surface area contributed by atoms with Crippen molar-refractivity contribution in [2.75, 3.05) is 0 Å². The van der Waals surface area contributed by atoms with Gasteiger partial charge in [-0.2, -0.15) is 0 Å². The van der Waals surface area contributed by atoms with E-state index in [1.54, 1.807) is 32.9 Å². The summed E-state index contributed by atoms with van der Waals surface area (Å²) in [5, 5.41) is 0. The zero-order valence-electron chi connectivity index (χ0n) is 10.7. The molecule has 1 aliphatic rings. The molecule has 0 N–H and O–H groups in total. The van der Waals surface area contributed by atoms with Crippen molar-refractivity contribution in [3.63, 3.8) is 0 Å². The zero-order valence-corrected chi connectivity index (χ0v) is 10.7. The maximum atomic E-state index is 11.4. The lowest BCUT2D eigenvalue weighted by atomic mass is 10.0. The standard InChI is InChI=1S/C13H20O4/c1-13(2,3)17-12(15)16-11-8-4-6-10(14)7-5-9-11/h4,8,11H,5-7,9H2,1-3H3/b8-4+. The van der Waals surface area contributed by atoms with Gasteiger partial charge in [0.15, 0.2) is 0 Å². The van der Waals surface area contributed by atoms with E-state index in [9.17, 15) is 9.59 Å². The van der Waals surface area contributed by atoms with E-state index >= 15 is 0 Å². The molecule has 0 radical (unpaired) electrons. The number of hydrogen-bond donors (Lipinski definition) is 0. The lowest BCUT2D eigenvalue weighted by molar-refractivity contribution is -0.118. The summed E-state index contributed by atoms with van der Waals surface area (Å²) in [4.78, 5) is 22.6. The van der Waals surface area contributed by atoms with Crippen LogP contribution in [-0.4, -0.2) is 23.6 Å². The van der Waals surface area contributed by atoms with E-state index in [1.807, 2.05) is 0 Å². The molecule has 17 heavy (non-hydrogen) atoms. The summed E-state index contributed by atoms with van der Waals surface area (Å²) in [6.45, 7) is 5.38. The van der Waals surface area contributed by atoms with Gasteiger partial charge in [0.1, 0.15) is 17.5 Å². The fourth-order valence-electron chi connectivity index (χ4n) is 1.55. The zero-order chi connectivity index (χ0) is 12.9. The molecular formula is C13H20O4. The Morgan fingerprint density at radius 2 is 2.12 bits per heavy atom. The van der Waals surface area contributed by atoms with Gasteiger partial charge in [-0.25, -0.2) is 4.79 Å². The topological polar surface area (TPSA) is 52.6 Å². The van der Waals surface area contributed by atoms with E-state index in [4.69, 9.17) is 9.47 Å². The van der Waals surface area contributed by atoms with E-state index in [0.717, 1.165) is 6.42 Å². The summed E-state index contributed by atoms with van der Waals surface area (Å²) >= 11 is 0. The van der Waals surface area contributed by atoms with E-state index < -0.39 is 11.8 Å². The Kier molecular flexibility index (Phi) is 4.73. The Morgan fingerprint density at radius 1 is 1.41 bits per heavy atom. The van der Waals surface area contributed by atoms with Gasteiger partial charge in [-0.1, -0.05) is 6.08 Å². The largest absolute Gasteiger partial charge is 0.509 e. The second-order valence-electron chi connectivity index (χ2n) is 5.18. The average molecular weight is 240 g/mol. The Balaban J connectivity index is 2.45. The average Bonchev–Trinajstić information content (AvgIpc) is 2.10. The molecule has 1 unspecified atom stereocenters. The molecular weight excluding hydrogens is 220 g/mol. The lowest BCUT2D eigenvalue weighted by Gasteiger charge is -2.21. The molecule has 1 aliphatic carbocycles. The molecule has 0 spiro atoms. The first-order chi connectivity index (χ1) is 7.87. The maximum absolute atomic E-state index is 11.4. The van der Waals surface area contributed by atoms with Crippen LogP contribution in [0, 0.1) is 0 Å². The SMILES string of the molecule is CC(C)(C)OC(=O)OC1/C=C/CC(=O)CCC1. The minimum absolute atomic E-state index is 0.233. The molecule has 4 heteroatoms. The van der Waals surface area contributed by atoms with Crippen molar-refractivity contribution in [3.05, 3.63) is 12.2 Å². The van der Waals surface area contributed by atoms with E-state index in [0.29, 0.717) is 19.3 Å². The summed E-state index contributed by atoms with van der Waals surface area (Å²) in [6.07, 6.45) is 4.99. The molecule has 0 heterocycles. The van der Waals surface area contributed by atoms with Gasteiger partial charge in [0.2, 0.25) is 0 Å². The summed E-state index contributed by atoms with van der Waals surface area (Å²) in [5.41, 5.74) is -0.543. The van der Waals surface area contributed by atoms with Crippen LogP contribution in [-0.2, 0) is 14.3 Å². The molecule has 0 aliphatic heterocycles. The molecule has 1 rings (SSSR count). The van der Waals surface area contributed by atoms with Crippen molar-refractivity contribution in [1.29, 1.82) is 0 Å². The van der Waals surface area contributed by atoms with Crippen LogP contribution in [0.5, 0.6) is 0 Å². The predicted octanol–water partition coefficient (Wildman–Crippen LogP) is 3.01. The number of hydrogen-bond acceptors (Lipinski definition) is 4. The second kappa shape index (κ2) is 5.84. The van der Waals surface area contributed by atoms with Crippen molar-refractivity contribution >= 4 is 11.9 Å². The number of rotatable bonds is 1. The number of ether oxygens (including phenoxy) is 2. The van der Waals surface area contributed by atoms with Crippen LogP contribution in [0.1, 0.15) is 46.5 Å². The number of carbonyl (C=O) groups excluding carboxylic acids is 2. The third-order valence-electron chi connectivity index (χ3n) is 2.28. The van der Waals surface area contributed by atoms with Gasteiger partial charge in [-0.3, -0.25) is 4.79 Å². The molecule has 0 saturated heterocycles. The summed E-state index contributed by atoms with van der Waals surface area (Å²) in [6, 6.07) is 0. The molecule has 96 valence electrons. The van der Waals surface area contributed by atoms with Gasteiger partial charge >= 0.3 is 6.16 Å². The van der Waals surface area contributed by atoms with Gasteiger partial charge in [-0.15, -0.1) is 0 Å². The summed E-state index contributed by atoms with van der Waals surface area (Å²) in [5.74, 6) is 0.233. The first kappa shape index (κ1) is 13.7. The highest BCUT2D eigenvalue weighted by molar-refractivity contribution is 5.79. The molecule has 0 saturated carbocycles. The predicted molar refractivity (Wildman–Crippen MR) is 63.7 cm³/mol. The number of allylic oxidation sites excluding steroid dienone is 1. The van der Waals surface area contributed by atoms with Crippen LogP contribution in [0.15, 0.2) is 12.2 Å². The Morgan fingerprint density at radius 3 is 2.76 bits per heavy atom. The Labute approximate surface area is 102 Å². The van der Waals surface area contributed by atoms with Crippen molar-refractivity contribution in [2.45, 2.75) is 58.2 Å². The maximum Gasteiger partial charge on any atom is 0.509 e. The van der Waals surface area contributed by atoms with Crippen LogP contribution in [0.2, 0.25) is 0 Å². The number of ketones is 1. The Hall–Kier alpha value is -1.32. The fraction of sp³-hybridized carbons (Fsp3) is 0.692. The molecule has 0 aromatic rings. The third kappa shape index (κ3) is 6.09. The first-order valence-corrected chi connectivity index (χ1v) is 5.95. The van der Waals surface area contributed by atoms with Crippen molar-refractivity contribution in [1.82, 2.24) is 0 Å². The highest BCUT2D eigenvalue weighted by atomic mass is 16.7. The Bertz CT molecular complexity index is 312. The molecule has 0 aromatic carbocycles. The van der Waals surface area contributed by atoms with E-state index in [-0.39, 0.29) is 11.9 Å². The van der Waals surface area contributed by atoms with Gasteiger partial charge in [0.05, 0.1) is 0 Å². The molecule has 0 aromatic heterocycles. The summed E-state index contributed by atoms with van der Waals surface area (Å²) in [7, 11) is 0. The van der Waals surface area contributed by atoms with Gasteiger partial charge in [-0.05, 0) is 39.7 Å². The highest BCUT2D eigenvalue weighted by Gasteiger charge is 2.20. The molecule has 0 amide bonds. The first-order valence-electron chi connectivity index (χ1n) is 5.95. The number of Topliss-reactive ketones (excluding diaryl/α,β-unsaturated/α-hetero) is 1. The highest BCUT2D eigenvalue weighted by Crippen LogP contribution is 2.15. The molecule has 0 bridgehead atoms. The van der Waals surface area contributed by atoms with Crippen molar-refractivity contribution < 1.29 is 19.1 Å². The second-order valence-corrected chi connectivity index (χ2v) is 5.18. The quantitative estimate of drug-likeness (QED) is 0.522. The van der Waals surface area contributed by atoms with Gasteiger partial charge < -0.3 is 9.47 Å². The van der Waals surface area contributed by atoms with Crippen molar-refractivity contribution in [2.24, 2.45) is 0 Å². The molecule has 0 fully saturated rings. The van der Waals surface area contributed by atoms with Gasteiger partial charge in [0.25, 0.3) is 0 Å². The van der Waals surface area contributed by atoms with Crippen LogP contribution in [0.3, 0.4) is 0 Å². The van der Waals surface area contributed by atoms with Crippen LogP contribution in [0.4, 0.5) is 4.79 Å². The van der Waals surface area contributed by atoms with Gasteiger partial charge in [0, 0.05) is 12.8 Å². The molecule has 1 atom stereocenters. The monoisotopic (exact) mass is 240 g/mol. The smallest absolute Gasteiger partial charge is 0.429 e. The third-order valence-corrected chi connectivity index (χ3v) is 2.28. The van der Waals surface area contributed by atoms with E-state index in [1.165, 1.54) is 0 Å². The van der Waals surface area contributed by atoms with Crippen LogP contribution < -0.4 is 0 Å². The lowest BCUT2D eigenvalue weighted by Crippen LogP contribution is -2.27. The summed E-state index contributed by atoms with van der Waals surface area (Å²) < 4.78 is 10.3.